The molecule has 0 atom stereocenters. The largest absolute Gasteiger partial charge is 0.370 e. The van der Waals surface area contributed by atoms with E-state index in [9.17, 15) is 9.18 Å². The Hall–Kier alpha value is -4.02. The maximum absolute atomic E-state index is 13.6. The van der Waals surface area contributed by atoms with Crippen molar-refractivity contribution in [1.82, 2.24) is 19.9 Å². The maximum Gasteiger partial charge on any atom is 0.354 e. The van der Waals surface area contributed by atoms with Crippen LogP contribution in [0.25, 0.3) is 16.7 Å². The third kappa shape index (κ3) is 10.8. The van der Waals surface area contributed by atoms with Crippen LogP contribution in [0, 0.1) is 5.82 Å². The number of hydrogen-bond donors (Lipinski definition) is 5. The van der Waals surface area contributed by atoms with Crippen LogP contribution in [0.15, 0.2) is 64.5 Å². The van der Waals surface area contributed by atoms with Gasteiger partial charge in [0, 0.05) is 35.8 Å². The molecule has 0 aliphatic carbocycles. The molecule has 8 N–H and O–H groups in total. The van der Waals surface area contributed by atoms with Crippen molar-refractivity contribution in [3.05, 3.63) is 93.4 Å². The van der Waals surface area contributed by atoms with E-state index in [1.165, 1.54) is 5.56 Å². The highest BCUT2D eigenvalue weighted by atomic mass is 19.1. The van der Waals surface area contributed by atoms with Gasteiger partial charge in [0.25, 0.3) is 0 Å². The molecule has 2 aromatic heterocycles. The Bertz CT molecular complexity index is 1600. The SMILES string of the molecule is CC(C)(C)c1cc(CCCCN)ccc1F.CC(C)(C)c1cc2cn(-c3ccc(CNCCCN=C(N)N)cc3)c(=O)nc2[nH]1. The summed E-state index contributed by atoms with van der Waals surface area (Å²) >= 11 is 0. The summed E-state index contributed by atoms with van der Waals surface area (Å²) in [5.74, 6) is 0.0212. The molecule has 2 aromatic carbocycles. The minimum absolute atomic E-state index is 0.0352. The van der Waals surface area contributed by atoms with Crippen molar-refractivity contribution in [1.29, 1.82) is 0 Å². The second kappa shape index (κ2) is 15.8. The molecule has 0 aliphatic heterocycles. The number of hydrogen-bond acceptors (Lipinski definition) is 5. The van der Waals surface area contributed by atoms with Gasteiger partial charge in [0.2, 0.25) is 0 Å². The normalized spacial score (nSPS) is 11.7. The highest BCUT2D eigenvalue weighted by Gasteiger charge is 2.19. The van der Waals surface area contributed by atoms with Crippen molar-refractivity contribution in [2.45, 2.75) is 84.6 Å². The Balaban J connectivity index is 0.000000292. The lowest BCUT2D eigenvalue weighted by molar-refractivity contribution is 0.521. The number of benzene rings is 2. The van der Waals surface area contributed by atoms with E-state index in [0.29, 0.717) is 12.2 Å². The Morgan fingerprint density at radius 1 is 0.956 bits per heavy atom. The number of aliphatic imine (C=N–C) groups is 1. The first-order valence-corrected chi connectivity index (χ1v) is 15.7. The summed E-state index contributed by atoms with van der Waals surface area (Å²) < 4.78 is 15.2. The van der Waals surface area contributed by atoms with Crippen LogP contribution < -0.4 is 28.2 Å². The van der Waals surface area contributed by atoms with E-state index in [4.69, 9.17) is 17.2 Å². The number of rotatable bonds is 11. The summed E-state index contributed by atoms with van der Waals surface area (Å²) in [6, 6.07) is 15.4. The van der Waals surface area contributed by atoms with Crippen LogP contribution in [0.5, 0.6) is 0 Å². The van der Waals surface area contributed by atoms with Gasteiger partial charge in [-0.3, -0.25) is 9.56 Å². The number of nitrogens with one attached hydrogen (secondary N) is 2. The van der Waals surface area contributed by atoms with Gasteiger partial charge in [-0.05, 0) is 85.1 Å². The number of aromatic nitrogens is 3. The second-order valence-electron chi connectivity index (χ2n) is 13.4. The van der Waals surface area contributed by atoms with Gasteiger partial charge in [0.15, 0.2) is 5.96 Å². The van der Waals surface area contributed by atoms with Gasteiger partial charge in [-0.2, -0.15) is 4.98 Å². The van der Waals surface area contributed by atoms with Crippen LogP contribution in [0.4, 0.5) is 4.39 Å². The number of unbranched alkanes of at least 4 members (excludes halogenated alkanes) is 1. The molecule has 4 aromatic rings. The van der Waals surface area contributed by atoms with Crippen LogP contribution in [-0.2, 0) is 23.8 Å². The molecular weight excluding hydrogens is 567 g/mol. The molecule has 244 valence electrons. The zero-order chi connectivity index (χ0) is 33.2. The van der Waals surface area contributed by atoms with Crippen molar-refractivity contribution in [3.8, 4) is 5.69 Å². The number of nitrogens with two attached hydrogens (primary N) is 3. The fourth-order valence-electron chi connectivity index (χ4n) is 4.78. The molecule has 0 saturated carbocycles. The molecular formula is C35H51FN8O. The van der Waals surface area contributed by atoms with Crippen LogP contribution in [0.2, 0.25) is 0 Å². The van der Waals surface area contributed by atoms with Gasteiger partial charge in [0.05, 0.1) is 5.69 Å². The molecule has 0 unspecified atom stereocenters. The highest BCUT2D eigenvalue weighted by molar-refractivity contribution is 5.76. The van der Waals surface area contributed by atoms with E-state index in [0.717, 1.165) is 73.2 Å². The van der Waals surface area contributed by atoms with Gasteiger partial charge in [0.1, 0.15) is 11.5 Å². The number of halogens is 1. The summed E-state index contributed by atoms with van der Waals surface area (Å²) in [5.41, 5.74) is 21.2. The van der Waals surface area contributed by atoms with E-state index < -0.39 is 0 Å². The summed E-state index contributed by atoms with van der Waals surface area (Å²) in [7, 11) is 0. The quantitative estimate of drug-likeness (QED) is 0.0888. The average Bonchev–Trinajstić information content (AvgIpc) is 3.39. The second-order valence-corrected chi connectivity index (χ2v) is 13.4. The molecule has 0 amide bonds. The third-order valence-corrected chi connectivity index (χ3v) is 7.42. The van der Waals surface area contributed by atoms with Gasteiger partial charge in [-0.25, -0.2) is 9.18 Å². The lowest BCUT2D eigenvalue weighted by atomic mass is 9.85. The smallest absolute Gasteiger partial charge is 0.354 e. The lowest BCUT2D eigenvalue weighted by Gasteiger charge is -2.20. The van der Waals surface area contributed by atoms with Crippen LogP contribution in [-0.4, -0.2) is 40.1 Å². The fourth-order valence-corrected chi connectivity index (χ4v) is 4.78. The van der Waals surface area contributed by atoms with E-state index in [1.807, 2.05) is 63.4 Å². The van der Waals surface area contributed by atoms with Crippen LogP contribution >= 0.6 is 0 Å². The standard InChI is InChI=1S/C21H29N7O.C14H22FN/c1-21(2,3)17-11-15-13-28(20(29)27-18(15)26-17)16-7-5-14(6-8-16)12-24-9-4-10-25-19(22)23;1-14(2,3)12-10-11(6-4-5-9-16)7-8-13(12)15/h5-8,11,13,24H,4,9-10,12H2,1-3H3,(H4,22,23,25)(H,26,27,29);7-8,10H,4-6,9,16H2,1-3H3. The summed E-state index contributed by atoms with van der Waals surface area (Å²) in [4.78, 5) is 23.9. The lowest BCUT2D eigenvalue weighted by Crippen LogP contribution is -2.23. The molecule has 9 nitrogen and oxygen atoms in total. The minimum Gasteiger partial charge on any atom is -0.370 e. The molecule has 0 bridgehead atoms. The summed E-state index contributed by atoms with van der Waals surface area (Å²) in [6.45, 7) is 15.4. The van der Waals surface area contributed by atoms with Crippen LogP contribution in [0.1, 0.15) is 83.2 Å². The molecule has 45 heavy (non-hydrogen) atoms. The minimum atomic E-state index is -0.301. The van der Waals surface area contributed by atoms with E-state index in [-0.39, 0.29) is 28.3 Å². The number of aromatic amines is 1. The Morgan fingerprint density at radius 3 is 2.27 bits per heavy atom. The predicted octanol–water partition coefficient (Wildman–Crippen LogP) is 5.17. The number of nitrogens with zero attached hydrogens (tertiary/aromatic N) is 3. The third-order valence-electron chi connectivity index (χ3n) is 7.42. The van der Waals surface area contributed by atoms with Crippen molar-refractivity contribution in [2.75, 3.05) is 19.6 Å². The van der Waals surface area contributed by atoms with Gasteiger partial charge >= 0.3 is 5.69 Å². The highest BCUT2D eigenvalue weighted by Crippen LogP contribution is 2.27. The molecule has 10 heteroatoms. The van der Waals surface area contributed by atoms with E-state index >= 15 is 0 Å². The number of aryl methyl sites for hydroxylation is 1. The molecule has 0 aliphatic rings. The van der Waals surface area contributed by atoms with Gasteiger partial charge in [-0.15, -0.1) is 0 Å². The molecule has 4 rings (SSSR count). The number of H-pyrrole nitrogens is 1. The monoisotopic (exact) mass is 618 g/mol. The van der Waals surface area contributed by atoms with E-state index in [2.05, 4.69) is 47.1 Å². The van der Waals surface area contributed by atoms with Gasteiger partial charge in [-0.1, -0.05) is 65.8 Å². The topological polar surface area (TPSA) is 153 Å². The molecule has 0 radical (unpaired) electrons. The molecule has 0 spiro atoms. The van der Waals surface area contributed by atoms with E-state index in [1.54, 1.807) is 10.6 Å². The molecule has 0 fully saturated rings. The first-order valence-electron chi connectivity index (χ1n) is 15.7. The summed E-state index contributed by atoms with van der Waals surface area (Å²) in [5, 5.41) is 4.27. The van der Waals surface area contributed by atoms with Crippen LogP contribution in [0.3, 0.4) is 0 Å². The predicted molar refractivity (Wildman–Crippen MR) is 184 cm³/mol. The van der Waals surface area contributed by atoms with Gasteiger partial charge < -0.3 is 27.5 Å². The van der Waals surface area contributed by atoms with Crippen molar-refractivity contribution >= 4 is 17.0 Å². The summed E-state index contributed by atoms with van der Waals surface area (Å²) in [6.07, 6.45) is 5.80. The first kappa shape index (κ1) is 35.5. The average molecular weight is 619 g/mol. The Labute approximate surface area is 266 Å². The number of guanidine groups is 1. The maximum atomic E-state index is 13.6. The first-order chi connectivity index (χ1) is 21.2. The van der Waals surface area contributed by atoms with Crippen molar-refractivity contribution < 1.29 is 4.39 Å². The number of fused-ring (bicyclic) bond motifs is 1. The zero-order valence-electron chi connectivity index (χ0n) is 27.7. The Morgan fingerprint density at radius 2 is 1.64 bits per heavy atom. The zero-order valence-corrected chi connectivity index (χ0v) is 27.7. The van der Waals surface area contributed by atoms with Crippen molar-refractivity contribution in [2.24, 2.45) is 22.2 Å². The molecule has 2 heterocycles. The fraction of sp³-hybridized carbons (Fsp3) is 0.457. The molecule has 0 saturated heterocycles. The Kier molecular flexibility index (Phi) is 12.5. The van der Waals surface area contributed by atoms with Crippen molar-refractivity contribution in [3.63, 3.8) is 0 Å².